The molecular weight excluding hydrogens is 318 g/mol. The monoisotopic (exact) mass is 341 g/mol. The van der Waals surface area contributed by atoms with E-state index in [1.54, 1.807) is 12.1 Å². The van der Waals surface area contributed by atoms with E-state index in [1.807, 2.05) is 18.3 Å². The van der Waals surface area contributed by atoms with E-state index in [9.17, 15) is 10.1 Å². The Labute approximate surface area is 147 Å². The van der Waals surface area contributed by atoms with Gasteiger partial charge in [0, 0.05) is 62.8 Å². The topological polar surface area (TPSA) is 74.5 Å². The summed E-state index contributed by atoms with van der Waals surface area (Å²) in [6.07, 6.45) is 1.83. The zero-order valence-corrected chi connectivity index (χ0v) is 14.3. The molecule has 0 amide bonds. The number of non-ortho nitro benzene ring substituents is 1. The van der Waals surface area contributed by atoms with Gasteiger partial charge in [0.1, 0.15) is 5.82 Å². The molecule has 0 bridgehead atoms. The lowest BCUT2D eigenvalue weighted by molar-refractivity contribution is -0.384. The lowest BCUT2D eigenvalue weighted by Gasteiger charge is -2.36. The second-order valence-corrected chi connectivity index (χ2v) is 6.32. The van der Waals surface area contributed by atoms with Gasteiger partial charge in [0.15, 0.2) is 0 Å². The van der Waals surface area contributed by atoms with Gasteiger partial charge in [-0.05, 0) is 31.2 Å². The van der Waals surface area contributed by atoms with Crippen LogP contribution in [0.1, 0.15) is 6.92 Å². The number of nitrogens with zero attached hydrogens (tertiary/aromatic N) is 4. The van der Waals surface area contributed by atoms with Crippen LogP contribution in [0.3, 0.4) is 0 Å². The number of hydrogen-bond donors (Lipinski definition) is 1. The molecule has 1 aromatic heterocycles. The van der Waals surface area contributed by atoms with Gasteiger partial charge in [0.2, 0.25) is 0 Å². The molecule has 2 aromatic rings. The third-order valence-corrected chi connectivity index (χ3v) is 4.37. The van der Waals surface area contributed by atoms with E-state index in [-0.39, 0.29) is 16.7 Å². The molecule has 1 saturated heterocycles. The summed E-state index contributed by atoms with van der Waals surface area (Å²) in [6.45, 7) is 7.02. The molecule has 1 atom stereocenters. The quantitative estimate of drug-likeness (QED) is 0.643. The van der Waals surface area contributed by atoms with Gasteiger partial charge in [-0.3, -0.25) is 15.0 Å². The van der Waals surface area contributed by atoms with Crippen molar-refractivity contribution >= 4 is 17.2 Å². The summed E-state index contributed by atoms with van der Waals surface area (Å²) in [5.74, 6) is 1.04. The number of anilines is 2. The lowest BCUT2D eigenvalue weighted by Crippen LogP contribution is -2.49. The van der Waals surface area contributed by atoms with E-state index in [2.05, 4.69) is 33.1 Å². The van der Waals surface area contributed by atoms with Crippen molar-refractivity contribution in [3.05, 3.63) is 58.8 Å². The van der Waals surface area contributed by atoms with E-state index >= 15 is 0 Å². The molecular formula is C18H23N5O2. The number of pyridine rings is 1. The molecule has 0 saturated carbocycles. The molecule has 0 radical (unpaired) electrons. The molecule has 0 spiro atoms. The van der Waals surface area contributed by atoms with Crippen molar-refractivity contribution in [1.29, 1.82) is 0 Å². The van der Waals surface area contributed by atoms with Gasteiger partial charge in [-0.2, -0.15) is 0 Å². The molecule has 1 aromatic carbocycles. The molecule has 1 N–H and O–H groups in total. The summed E-state index contributed by atoms with van der Waals surface area (Å²) in [5.41, 5.74) is 1.02. The van der Waals surface area contributed by atoms with Crippen LogP contribution < -0.4 is 10.2 Å². The SMILES string of the molecule is CC(CN1CCN(c2ccccn2)CC1)Nc1ccc([N+](=O)[O-])cc1. The van der Waals surface area contributed by atoms with Gasteiger partial charge in [-0.15, -0.1) is 0 Å². The first-order valence-electron chi connectivity index (χ1n) is 8.51. The highest BCUT2D eigenvalue weighted by Gasteiger charge is 2.19. The fourth-order valence-electron chi connectivity index (χ4n) is 3.10. The average Bonchev–Trinajstić information content (AvgIpc) is 2.63. The second-order valence-electron chi connectivity index (χ2n) is 6.32. The van der Waals surface area contributed by atoms with E-state index in [1.165, 1.54) is 12.1 Å². The normalized spacial score (nSPS) is 16.4. The highest BCUT2D eigenvalue weighted by atomic mass is 16.6. The Balaban J connectivity index is 1.46. The number of piperazine rings is 1. The zero-order chi connectivity index (χ0) is 17.6. The Morgan fingerprint density at radius 2 is 1.88 bits per heavy atom. The summed E-state index contributed by atoms with van der Waals surface area (Å²) >= 11 is 0. The Hall–Kier alpha value is -2.67. The predicted octanol–water partition coefficient (Wildman–Crippen LogP) is 2.61. The maximum Gasteiger partial charge on any atom is 0.269 e. The van der Waals surface area contributed by atoms with Crippen molar-refractivity contribution in [3.8, 4) is 0 Å². The number of rotatable bonds is 6. The van der Waals surface area contributed by atoms with E-state index in [0.29, 0.717) is 0 Å². The van der Waals surface area contributed by atoms with Crippen LogP contribution in [-0.4, -0.2) is 53.6 Å². The number of nitro benzene ring substituents is 1. The molecule has 1 aliphatic rings. The first kappa shape index (κ1) is 17.2. The fourth-order valence-corrected chi connectivity index (χ4v) is 3.10. The summed E-state index contributed by atoms with van der Waals surface area (Å²) in [4.78, 5) is 19.5. The minimum Gasteiger partial charge on any atom is -0.381 e. The smallest absolute Gasteiger partial charge is 0.269 e. The van der Waals surface area contributed by atoms with Crippen molar-refractivity contribution in [1.82, 2.24) is 9.88 Å². The molecule has 2 heterocycles. The summed E-state index contributed by atoms with van der Waals surface area (Å²) in [5, 5.41) is 14.1. The molecule has 1 unspecified atom stereocenters. The Bertz CT molecular complexity index is 684. The standard InChI is InChI=1S/C18H23N5O2/c1-15(20-16-5-7-17(8-6-16)23(24)25)14-21-10-12-22(13-11-21)18-4-2-3-9-19-18/h2-9,15,20H,10-14H2,1H3. The first-order valence-corrected chi connectivity index (χ1v) is 8.51. The Morgan fingerprint density at radius 3 is 2.48 bits per heavy atom. The van der Waals surface area contributed by atoms with Crippen LogP contribution >= 0.6 is 0 Å². The van der Waals surface area contributed by atoms with Crippen LogP contribution in [-0.2, 0) is 0 Å². The van der Waals surface area contributed by atoms with Crippen LogP contribution in [0.15, 0.2) is 48.7 Å². The number of hydrogen-bond acceptors (Lipinski definition) is 6. The summed E-state index contributed by atoms with van der Waals surface area (Å²) < 4.78 is 0. The zero-order valence-electron chi connectivity index (χ0n) is 14.3. The van der Waals surface area contributed by atoms with E-state index in [4.69, 9.17) is 0 Å². The minimum atomic E-state index is -0.381. The predicted molar refractivity (Wildman–Crippen MR) is 99.1 cm³/mol. The molecule has 25 heavy (non-hydrogen) atoms. The molecule has 7 heteroatoms. The minimum absolute atomic E-state index is 0.115. The molecule has 132 valence electrons. The summed E-state index contributed by atoms with van der Waals surface area (Å²) in [6, 6.07) is 12.8. The van der Waals surface area contributed by atoms with Gasteiger partial charge < -0.3 is 10.2 Å². The highest BCUT2D eigenvalue weighted by molar-refractivity contribution is 5.49. The van der Waals surface area contributed by atoms with Crippen molar-refractivity contribution in [2.45, 2.75) is 13.0 Å². The van der Waals surface area contributed by atoms with Crippen LogP contribution in [0.2, 0.25) is 0 Å². The van der Waals surface area contributed by atoms with Gasteiger partial charge in [-0.1, -0.05) is 6.07 Å². The fraction of sp³-hybridized carbons (Fsp3) is 0.389. The Morgan fingerprint density at radius 1 is 1.16 bits per heavy atom. The molecule has 7 nitrogen and oxygen atoms in total. The van der Waals surface area contributed by atoms with Crippen LogP contribution in [0.5, 0.6) is 0 Å². The Kier molecular flexibility index (Phi) is 5.45. The van der Waals surface area contributed by atoms with Crippen molar-refractivity contribution in [2.75, 3.05) is 42.9 Å². The maximum atomic E-state index is 10.7. The van der Waals surface area contributed by atoms with Gasteiger partial charge in [0.25, 0.3) is 5.69 Å². The van der Waals surface area contributed by atoms with Crippen molar-refractivity contribution in [3.63, 3.8) is 0 Å². The van der Waals surface area contributed by atoms with Crippen LogP contribution in [0, 0.1) is 10.1 Å². The van der Waals surface area contributed by atoms with Gasteiger partial charge in [-0.25, -0.2) is 4.98 Å². The molecule has 1 aliphatic heterocycles. The van der Waals surface area contributed by atoms with Gasteiger partial charge in [0.05, 0.1) is 4.92 Å². The van der Waals surface area contributed by atoms with E-state index in [0.717, 1.165) is 44.2 Å². The second kappa shape index (κ2) is 7.94. The lowest BCUT2D eigenvalue weighted by atomic mass is 10.2. The third-order valence-electron chi connectivity index (χ3n) is 4.37. The average molecular weight is 341 g/mol. The molecule has 0 aliphatic carbocycles. The number of benzene rings is 1. The highest BCUT2D eigenvalue weighted by Crippen LogP contribution is 2.17. The van der Waals surface area contributed by atoms with Crippen LogP contribution in [0.4, 0.5) is 17.2 Å². The van der Waals surface area contributed by atoms with Gasteiger partial charge >= 0.3 is 0 Å². The maximum absolute atomic E-state index is 10.7. The number of aromatic nitrogens is 1. The molecule has 1 fully saturated rings. The molecule has 3 rings (SSSR count). The van der Waals surface area contributed by atoms with Crippen LogP contribution in [0.25, 0.3) is 0 Å². The van der Waals surface area contributed by atoms with Crippen molar-refractivity contribution in [2.24, 2.45) is 0 Å². The third kappa shape index (κ3) is 4.67. The van der Waals surface area contributed by atoms with E-state index < -0.39 is 0 Å². The first-order chi connectivity index (χ1) is 12.1. The van der Waals surface area contributed by atoms with Crippen molar-refractivity contribution < 1.29 is 4.92 Å². The summed E-state index contributed by atoms with van der Waals surface area (Å²) in [7, 11) is 0. The number of nitro groups is 1. The number of nitrogens with one attached hydrogen (secondary N) is 1. The largest absolute Gasteiger partial charge is 0.381 e.